The number of pyridine rings is 1. The van der Waals surface area contributed by atoms with Crippen LogP contribution in [0.3, 0.4) is 0 Å². The first-order chi connectivity index (χ1) is 20.6. The van der Waals surface area contributed by atoms with Crippen molar-refractivity contribution in [1.29, 1.82) is 0 Å². The average Bonchev–Trinajstić information content (AvgIpc) is 2.96. The third-order valence-electron chi connectivity index (χ3n) is 7.41. The van der Waals surface area contributed by atoms with Gasteiger partial charge in [-0.25, -0.2) is 9.37 Å². The Bertz CT molecular complexity index is 1510. The molecule has 3 atom stereocenters. The van der Waals surface area contributed by atoms with Crippen LogP contribution in [0.2, 0.25) is 0 Å². The van der Waals surface area contributed by atoms with Gasteiger partial charge in [0.2, 0.25) is 5.60 Å². The zero-order valence-electron chi connectivity index (χ0n) is 24.5. The number of aliphatic hydroxyl groups is 1. The lowest BCUT2D eigenvalue weighted by molar-refractivity contribution is -0.265. The number of methoxy groups -OCH3 is 1. The first-order valence-electron chi connectivity index (χ1n) is 13.7. The third-order valence-corrected chi connectivity index (χ3v) is 7.41. The maximum atomic E-state index is 14.6. The Morgan fingerprint density at radius 1 is 1.11 bits per heavy atom. The van der Waals surface area contributed by atoms with Crippen LogP contribution < -0.4 is 20.1 Å². The summed E-state index contributed by atoms with van der Waals surface area (Å²) in [5.74, 6) is -1.62. The van der Waals surface area contributed by atoms with Crippen LogP contribution in [-0.4, -0.2) is 61.1 Å². The summed E-state index contributed by atoms with van der Waals surface area (Å²) in [7, 11) is 1.32. The van der Waals surface area contributed by atoms with Crippen LogP contribution >= 0.6 is 0 Å². The lowest BCUT2D eigenvalue weighted by Crippen LogP contribution is -2.53. The number of alkyl halides is 3. The lowest BCUT2D eigenvalue weighted by atomic mass is 9.81. The van der Waals surface area contributed by atoms with Gasteiger partial charge in [0.1, 0.15) is 18.5 Å². The molecule has 0 aliphatic carbocycles. The van der Waals surface area contributed by atoms with Crippen LogP contribution in [0.5, 0.6) is 11.5 Å². The summed E-state index contributed by atoms with van der Waals surface area (Å²) in [6, 6.07) is 11.8. The smallest absolute Gasteiger partial charge is 0.424 e. The second-order valence-electron chi connectivity index (χ2n) is 10.8. The number of aromatic nitrogens is 1. The molecule has 236 valence electrons. The third kappa shape index (κ3) is 7.11. The van der Waals surface area contributed by atoms with Gasteiger partial charge in [0.25, 0.3) is 5.91 Å². The summed E-state index contributed by atoms with van der Waals surface area (Å²) in [5.41, 5.74) is -4.13. The second kappa shape index (κ2) is 12.8. The highest BCUT2D eigenvalue weighted by atomic mass is 19.4. The Labute approximate surface area is 251 Å². The highest BCUT2D eigenvalue weighted by Gasteiger charge is 2.57. The molecule has 1 aliphatic rings. The van der Waals surface area contributed by atoms with Gasteiger partial charge >= 0.3 is 12.1 Å². The Hall–Kier alpha value is -4.23. The summed E-state index contributed by atoms with van der Waals surface area (Å²) < 4.78 is 73.2. The van der Waals surface area contributed by atoms with E-state index < -0.39 is 53.4 Å². The van der Waals surface area contributed by atoms with Crippen molar-refractivity contribution in [3.8, 4) is 22.8 Å². The predicted molar refractivity (Wildman–Crippen MR) is 152 cm³/mol. The zero-order chi connectivity index (χ0) is 32.3. The number of hydrogen-bond acceptors (Lipinski definition) is 8. The van der Waals surface area contributed by atoms with Crippen LogP contribution in [0.1, 0.15) is 48.8 Å². The Balaban J connectivity index is 1.61. The minimum absolute atomic E-state index is 0.0133. The number of hydrogen-bond donors (Lipinski definition) is 3. The molecule has 1 aliphatic heterocycles. The van der Waals surface area contributed by atoms with Gasteiger partial charge in [-0.15, -0.1) is 0 Å². The summed E-state index contributed by atoms with van der Waals surface area (Å²) in [6.45, 7) is 4.08. The number of carbonyl (C=O) groups is 2. The van der Waals surface area contributed by atoms with E-state index in [-0.39, 0.29) is 29.4 Å². The SMILES string of the molecule is COc1cc(C(=O)NCC(O)(c2cc(C3(C)CCN3)cc(-c3ccc(F)cc3)n2)C(F)(F)F)ccc1OCC(C)OC(C)=O. The van der Waals surface area contributed by atoms with Gasteiger partial charge < -0.3 is 30.0 Å². The molecule has 0 spiro atoms. The molecule has 1 fully saturated rings. The minimum Gasteiger partial charge on any atom is -0.493 e. The molecule has 2 aromatic carbocycles. The number of rotatable bonds is 11. The van der Waals surface area contributed by atoms with Crippen molar-refractivity contribution in [2.45, 2.75) is 50.6 Å². The fourth-order valence-electron chi connectivity index (χ4n) is 4.67. The number of nitrogens with zero attached hydrogens (tertiary/aromatic N) is 1. The summed E-state index contributed by atoms with van der Waals surface area (Å²) in [6.07, 6.45) is -5.18. The number of nitrogens with one attached hydrogen (secondary N) is 2. The molecule has 1 saturated heterocycles. The number of halogens is 4. The molecule has 3 aromatic rings. The molecule has 1 amide bonds. The predicted octanol–water partition coefficient (Wildman–Crippen LogP) is 4.62. The quantitative estimate of drug-likeness (QED) is 0.210. The van der Waals surface area contributed by atoms with E-state index in [2.05, 4.69) is 15.6 Å². The van der Waals surface area contributed by atoms with Crippen molar-refractivity contribution in [1.82, 2.24) is 15.6 Å². The highest BCUT2D eigenvalue weighted by molar-refractivity contribution is 5.95. The Morgan fingerprint density at radius 2 is 1.80 bits per heavy atom. The van der Waals surface area contributed by atoms with Gasteiger partial charge in [-0.2, -0.15) is 13.2 Å². The fourth-order valence-corrected chi connectivity index (χ4v) is 4.67. The average molecular weight is 620 g/mol. The number of ether oxygens (including phenoxy) is 3. The summed E-state index contributed by atoms with van der Waals surface area (Å²) >= 11 is 0. The molecule has 1 aromatic heterocycles. The van der Waals surface area contributed by atoms with Gasteiger partial charge in [-0.3, -0.25) is 9.59 Å². The topological polar surface area (TPSA) is 119 Å². The van der Waals surface area contributed by atoms with E-state index in [0.29, 0.717) is 24.1 Å². The van der Waals surface area contributed by atoms with Gasteiger partial charge in [0.15, 0.2) is 11.5 Å². The van der Waals surface area contributed by atoms with E-state index in [9.17, 15) is 32.3 Å². The second-order valence-corrected chi connectivity index (χ2v) is 10.8. The lowest BCUT2D eigenvalue weighted by Gasteiger charge is -2.41. The largest absolute Gasteiger partial charge is 0.493 e. The zero-order valence-corrected chi connectivity index (χ0v) is 24.5. The van der Waals surface area contributed by atoms with E-state index in [1.807, 2.05) is 6.92 Å². The van der Waals surface area contributed by atoms with Crippen molar-refractivity contribution < 1.29 is 46.5 Å². The van der Waals surface area contributed by atoms with Crippen molar-refractivity contribution in [3.63, 3.8) is 0 Å². The Kier molecular flexibility index (Phi) is 9.50. The van der Waals surface area contributed by atoms with E-state index in [1.165, 1.54) is 50.4 Å². The van der Waals surface area contributed by atoms with E-state index in [1.54, 1.807) is 13.0 Å². The van der Waals surface area contributed by atoms with Gasteiger partial charge in [-0.1, -0.05) is 0 Å². The molecule has 44 heavy (non-hydrogen) atoms. The normalized spacial score (nSPS) is 18.4. The van der Waals surface area contributed by atoms with E-state index in [0.717, 1.165) is 12.1 Å². The number of carbonyl (C=O) groups excluding carboxylic acids is 2. The van der Waals surface area contributed by atoms with Crippen molar-refractivity contribution in [3.05, 3.63) is 77.2 Å². The monoisotopic (exact) mass is 619 g/mol. The molecule has 4 rings (SSSR count). The van der Waals surface area contributed by atoms with Crippen LogP contribution in [0.25, 0.3) is 11.3 Å². The minimum atomic E-state index is -5.24. The summed E-state index contributed by atoms with van der Waals surface area (Å²) in [4.78, 5) is 28.3. The summed E-state index contributed by atoms with van der Waals surface area (Å²) in [5, 5.41) is 16.5. The first-order valence-corrected chi connectivity index (χ1v) is 13.7. The van der Waals surface area contributed by atoms with Crippen LogP contribution in [-0.2, 0) is 20.7 Å². The molecule has 3 N–H and O–H groups in total. The van der Waals surface area contributed by atoms with Gasteiger partial charge in [0.05, 0.1) is 25.0 Å². The van der Waals surface area contributed by atoms with Crippen molar-refractivity contribution in [2.24, 2.45) is 0 Å². The molecule has 0 bridgehead atoms. The maximum absolute atomic E-state index is 14.6. The van der Waals surface area contributed by atoms with Crippen LogP contribution in [0, 0.1) is 5.82 Å². The number of benzene rings is 2. The van der Waals surface area contributed by atoms with Crippen LogP contribution in [0.4, 0.5) is 17.6 Å². The van der Waals surface area contributed by atoms with E-state index in [4.69, 9.17) is 14.2 Å². The first kappa shape index (κ1) is 32.7. The maximum Gasteiger partial charge on any atom is 0.424 e. The molecule has 13 heteroatoms. The molecule has 9 nitrogen and oxygen atoms in total. The van der Waals surface area contributed by atoms with Crippen molar-refractivity contribution in [2.75, 3.05) is 26.8 Å². The fraction of sp³-hybridized carbons (Fsp3) is 0.387. The molecule has 3 unspecified atom stereocenters. The molecule has 2 heterocycles. The van der Waals surface area contributed by atoms with Crippen LogP contribution in [0.15, 0.2) is 54.6 Å². The van der Waals surface area contributed by atoms with Gasteiger partial charge in [-0.05, 0) is 87.0 Å². The molecule has 0 radical (unpaired) electrons. The Morgan fingerprint density at radius 3 is 2.36 bits per heavy atom. The molecular formula is C31H33F4N3O6. The standard InChI is InChI=1S/C31H33F4N3O6/c1-18(44-19(2)39)16-43-25-10-7-21(13-26(25)42-4)28(40)36-17-30(41,31(33,34)35)27-15-22(29(3)11-12-37-29)14-24(38-27)20-5-8-23(32)9-6-20/h5-10,13-15,18,37,41H,11-12,16-17H2,1-4H3,(H,36,40). The molecule has 0 saturated carbocycles. The molecular weight excluding hydrogens is 586 g/mol. The highest BCUT2D eigenvalue weighted by Crippen LogP contribution is 2.41. The number of esters is 1. The van der Waals surface area contributed by atoms with Crippen molar-refractivity contribution >= 4 is 11.9 Å². The van der Waals surface area contributed by atoms with E-state index >= 15 is 0 Å². The van der Waals surface area contributed by atoms with Gasteiger partial charge in [0, 0.05) is 23.6 Å². The number of amides is 1.